The molecule has 150 valence electrons. The van der Waals surface area contributed by atoms with Gasteiger partial charge in [0.15, 0.2) is 5.82 Å². The topological polar surface area (TPSA) is 82.8 Å². The van der Waals surface area contributed by atoms with E-state index in [0.29, 0.717) is 29.8 Å². The second-order valence-electron chi connectivity index (χ2n) is 7.54. The first-order valence-electron chi connectivity index (χ1n) is 9.89. The molecule has 3 heterocycles. The fraction of sp³-hybridized carbons (Fsp3) is 0.400. The Balaban J connectivity index is 1.52. The van der Waals surface area contributed by atoms with Crippen LogP contribution in [0.3, 0.4) is 0 Å². The Kier molecular flexibility index (Phi) is 4.50. The van der Waals surface area contributed by atoms with Crippen LogP contribution < -0.4 is 10.2 Å². The Morgan fingerprint density at radius 3 is 2.72 bits per heavy atom. The summed E-state index contributed by atoms with van der Waals surface area (Å²) in [7, 11) is 0. The van der Waals surface area contributed by atoms with Crippen molar-refractivity contribution in [3.05, 3.63) is 41.0 Å². The van der Waals surface area contributed by atoms with Gasteiger partial charge in [0.1, 0.15) is 12.4 Å². The van der Waals surface area contributed by atoms with Gasteiger partial charge in [-0.1, -0.05) is 24.4 Å². The largest absolute Gasteiger partial charge is 0.352 e. The van der Waals surface area contributed by atoms with Crippen molar-refractivity contribution in [2.45, 2.75) is 31.7 Å². The molecule has 5 rings (SSSR count). The quantitative estimate of drug-likeness (QED) is 0.837. The number of urea groups is 1. The lowest BCUT2D eigenvalue weighted by atomic mass is 10.2. The van der Waals surface area contributed by atoms with Crippen molar-refractivity contribution in [3.63, 3.8) is 0 Å². The van der Waals surface area contributed by atoms with E-state index in [4.69, 9.17) is 11.6 Å². The Morgan fingerprint density at radius 1 is 1.21 bits per heavy atom. The zero-order valence-electron chi connectivity index (χ0n) is 15.8. The predicted octanol–water partition coefficient (Wildman–Crippen LogP) is 2.59. The van der Waals surface area contributed by atoms with Crippen LogP contribution in [0.5, 0.6) is 0 Å². The van der Waals surface area contributed by atoms with E-state index in [1.165, 1.54) is 4.90 Å². The van der Waals surface area contributed by atoms with Gasteiger partial charge in [0.2, 0.25) is 5.91 Å². The SMILES string of the molecule is O=C(CN1C(=O)N2CCN=C2c2cnn(-c3ccc(Cl)cc3)c21)NC1CCCC1. The van der Waals surface area contributed by atoms with E-state index >= 15 is 0 Å². The second-order valence-corrected chi connectivity index (χ2v) is 7.98. The Bertz CT molecular complexity index is 993. The summed E-state index contributed by atoms with van der Waals surface area (Å²) in [6.07, 6.45) is 5.96. The molecule has 0 atom stereocenters. The van der Waals surface area contributed by atoms with Crippen molar-refractivity contribution in [2.24, 2.45) is 4.99 Å². The molecule has 0 spiro atoms. The Labute approximate surface area is 173 Å². The predicted molar refractivity (Wildman–Crippen MR) is 110 cm³/mol. The number of carbonyl (C=O) groups is 2. The lowest BCUT2D eigenvalue weighted by Crippen LogP contribution is -2.53. The molecule has 1 fully saturated rings. The molecule has 0 bridgehead atoms. The molecule has 1 aliphatic carbocycles. The van der Waals surface area contributed by atoms with Gasteiger partial charge in [-0.05, 0) is 37.1 Å². The summed E-state index contributed by atoms with van der Waals surface area (Å²) >= 11 is 6.02. The number of aliphatic imine (C=N–C) groups is 1. The maximum Gasteiger partial charge on any atom is 0.331 e. The monoisotopic (exact) mass is 412 g/mol. The van der Waals surface area contributed by atoms with Crippen LogP contribution in [0.25, 0.3) is 5.69 Å². The van der Waals surface area contributed by atoms with Crippen molar-refractivity contribution in [2.75, 3.05) is 24.5 Å². The second kappa shape index (κ2) is 7.18. The molecule has 1 N–H and O–H groups in total. The minimum atomic E-state index is -0.244. The van der Waals surface area contributed by atoms with Crippen LogP contribution in [0.2, 0.25) is 5.02 Å². The maximum atomic E-state index is 13.2. The van der Waals surface area contributed by atoms with Gasteiger partial charge in [0.05, 0.1) is 24.0 Å². The summed E-state index contributed by atoms with van der Waals surface area (Å²) in [5.74, 6) is 1.04. The summed E-state index contributed by atoms with van der Waals surface area (Å²) in [6.45, 7) is 1.01. The molecular weight excluding hydrogens is 392 g/mol. The van der Waals surface area contributed by atoms with Crippen LogP contribution >= 0.6 is 11.6 Å². The number of amides is 3. The number of nitrogens with zero attached hydrogens (tertiary/aromatic N) is 5. The average molecular weight is 413 g/mol. The maximum absolute atomic E-state index is 13.2. The van der Waals surface area contributed by atoms with Crippen molar-refractivity contribution < 1.29 is 9.59 Å². The van der Waals surface area contributed by atoms with E-state index < -0.39 is 0 Å². The third-order valence-corrected chi connectivity index (χ3v) is 5.89. The highest BCUT2D eigenvalue weighted by atomic mass is 35.5. The summed E-state index contributed by atoms with van der Waals surface area (Å²) in [6, 6.07) is 7.16. The number of fused-ring (bicyclic) bond motifs is 3. The molecule has 8 nitrogen and oxygen atoms in total. The fourth-order valence-electron chi connectivity index (χ4n) is 4.26. The van der Waals surface area contributed by atoms with Crippen molar-refractivity contribution in [1.29, 1.82) is 0 Å². The van der Waals surface area contributed by atoms with Crippen LogP contribution in [0.4, 0.5) is 10.6 Å². The molecule has 0 saturated heterocycles. The molecule has 9 heteroatoms. The van der Waals surface area contributed by atoms with E-state index in [9.17, 15) is 9.59 Å². The molecule has 2 aliphatic heterocycles. The number of halogens is 1. The van der Waals surface area contributed by atoms with E-state index in [-0.39, 0.29) is 24.5 Å². The van der Waals surface area contributed by atoms with Gasteiger partial charge in [-0.25, -0.2) is 9.48 Å². The minimum Gasteiger partial charge on any atom is -0.352 e. The van der Waals surface area contributed by atoms with Gasteiger partial charge < -0.3 is 5.32 Å². The van der Waals surface area contributed by atoms with Crippen LogP contribution in [-0.4, -0.2) is 58.1 Å². The fourth-order valence-corrected chi connectivity index (χ4v) is 4.39. The van der Waals surface area contributed by atoms with E-state index in [2.05, 4.69) is 15.4 Å². The van der Waals surface area contributed by atoms with Gasteiger partial charge in [0, 0.05) is 17.6 Å². The van der Waals surface area contributed by atoms with Crippen LogP contribution in [0.1, 0.15) is 31.2 Å². The first-order chi connectivity index (χ1) is 14.1. The molecule has 3 amide bonds. The lowest BCUT2D eigenvalue weighted by molar-refractivity contribution is -0.120. The van der Waals surface area contributed by atoms with Crippen LogP contribution in [-0.2, 0) is 4.79 Å². The molecule has 0 radical (unpaired) electrons. The van der Waals surface area contributed by atoms with Crippen molar-refractivity contribution >= 4 is 35.2 Å². The van der Waals surface area contributed by atoms with Crippen LogP contribution in [0.15, 0.2) is 35.5 Å². The summed E-state index contributed by atoms with van der Waals surface area (Å²) in [4.78, 5) is 33.6. The highest BCUT2D eigenvalue weighted by molar-refractivity contribution is 6.30. The van der Waals surface area contributed by atoms with Gasteiger partial charge >= 0.3 is 6.03 Å². The average Bonchev–Trinajstić information content (AvgIpc) is 3.45. The third-order valence-electron chi connectivity index (χ3n) is 5.64. The van der Waals surface area contributed by atoms with Gasteiger partial charge in [-0.3, -0.25) is 19.6 Å². The normalized spacial score (nSPS) is 18.7. The number of rotatable bonds is 4. The zero-order chi connectivity index (χ0) is 20.0. The number of amidine groups is 1. The molecule has 2 aromatic rings. The molecule has 1 aromatic carbocycles. The number of aromatic nitrogens is 2. The van der Waals surface area contributed by atoms with E-state index in [0.717, 1.165) is 36.9 Å². The van der Waals surface area contributed by atoms with E-state index in [1.54, 1.807) is 27.9 Å². The lowest BCUT2D eigenvalue weighted by Gasteiger charge is -2.33. The smallest absolute Gasteiger partial charge is 0.331 e. The molecule has 3 aliphatic rings. The minimum absolute atomic E-state index is 0.0502. The highest BCUT2D eigenvalue weighted by Gasteiger charge is 2.41. The first-order valence-corrected chi connectivity index (χ1v) is 10.3. The Hall–Kier alpha value is -2.87. The molecule has 1 aromatic heterocycles. The summed E-state index contributed by atoms with van der Waals surface area (Å²) in [5, 5.41) is 8.18. The molecule has 29 heavy (non-hydrogen) atoms. The molecule has 1 saturated carbocycles. The van der Waals surface area contributed by atoms with E-state index in [1.807, 2.05) is 12.1 Å². The molecule has 0 unspecified atom stereocenters. The summed E-state index contributed by atoms with van der Waals surface area (Å²) in [5.41, 5.74) is 1.52. The number of nitrogens with one attached hydrogen (secondary N) is 1. The van der Waals surface area contributed by atoms with Crippen molar-refractivity contribution in [1.82, 2.24) is 20.0 Å². The summed E-state index contributed by atoms with van der Waals surface area (Å²) < 4.78 is 1.67. The van der Waals surface area contributed by atoms with Gasteiger partial charge in [-0.15, -0.1) is 0 Å². The first kappa shape index (κ1) is 18.2. The number of benzene rings is 1. The number of hydrogen-bond acceptors (Lipinski definition) is 4. The number of anilines is 1. The van der Waals surface area contributed by atoms with Crippen molar-refractivity contribution in [3.8, 4) is 5.69 Å². The van der Waals surface area contributed by atoms with Gasteiger partial charge in [-0.2, -0.15) is 5.10 Å². The Morgan fingerprint density at radius 2 is 1.97 bits per heavy atom. The number of carbonyl (C=O) groups excluding carboxylic acids is 2. The highest BCUT2D eigenvalue weighted by Crippen LogP contribution is 2.33. The zero-order valence-corrected chi connectivity index (χ0v) is 16.6. The van der Waals surface area contributed by atoms with Gasteiger partial charge in [0.25, 0.3) is 0 Å². The molecular formula is C20H21ClN6O2. The van der Waals surface area contributed by atoms with Crippen LogP contribution in [0, 0.1) is 0 Å². The standard InChI is InChI=1S/C20H21ClN6O2/c21-13-5-7-15(8-6-13)27-19-16(11-23-27)18-22-9-10-25(18)20(29)26(19)12-17(28)24-14-3-1-2-4-14/h5-8,11,14H,1-4,9-10,12H2,(H,24,28). The number of hydrogen-bond donors (Lipinski definition) is 1. The third kappa shape index (κ3) is 3.17.